The molecule has 0 bridgehead atoms. The highest BCUT2D eigenvalue weighted by Gasteiger charge is 2.33. The van der Waals surface area contributed by atoms with E-state index < -0.39 is 30.0 Å². The van der Waals surface area contributed by atoms with Crippen LogP contribution in [-0.2, 0) is 0 Å². The number of carbonyl (C=O) groups is 1. The number of benzene rings is 1. The molecule has 1 aromatic heterocycles. The minimum atomic E-state index is -2.81. The fraction of sp³-hybridized carbons (Fsp3) is 0.316. The molecule has 1 aliphatic heterocycles. The fourth-order valence-electron chi connectivity index (χ4n) is 3.01. The molecule has 0 saturated carbocycles. The van der Waals surface area contributed by atoms with Gasteiger partial charge in [-0.15, -0.1) is 0 Å². The van der Waals surface area contributed by atoms with Crippen molar-refractivity contribution in [3.8, 4) is 6.07 Å². The molecule has 2 aromatic rings. The van der Waals surface area contributed by atoms with Gasteiger partial charge in [0.05, 0.1) is 11.1 Å². The van der Waals surface area contributed by atoms with Crippen LogP contribution in [0.25, 0.3) is 0 Å². The molecule has 1 N–H and O–H groups in total. The third-order valence-electron chi connectivity index (χ3n) is 4.45. The molecule has 1 saturated heterocycles. The second-order valence-corrected chi connectivity index (χ2v) is 6.46. The lowest BCUT2D eigenvalue weighted by molar-refractivity contribution is -0.0102. The highest BCUT2D eigenvalue weighted by molar-refractivity contribution is 6.07. The van der Waals surface area contributed by atoms with E-state index in [-0.39, 0.29) is 48.6 Å². The van der Waals surface area contributed by atoms with Crippen LogP contribution in [0.5, 0.6) is 0 Å². The Labute approximate surface area is 158 Å². The highest BCUT2D eigenvalue weighted by Crippen LogP contribution is 2.31. The van der Waals surface area contributed by atoms with Crippen LogP contribution < -0.4 is 10.2 Å². The van der Waals surface area contributed by atoms with Crippen molar-refractivity contribution in [1.82, 2.24) is 4.98 Å². The smallest absolute Gasteiger partial charge is 0.259 e. The minimum absolute atomic E-state index is 0.00514. The SMILES string of the molecule is N#Cc1cc(NC(=O)c2ccc(F)nc2N2CCCC(F)(F)CC2)ccc1F. The van der Waals surface area contributed by atoms with Crippen molar-refractivity contribution in [2.24, 2.45) is 0 Å². The standard InChI is InChI=1S/C19H16F4N4O/c20-15-4-2-13(10-12(15)11-24)25-18(28)14-3-5-16(21)26-17(14)27-8-1-6-19(22,23)7-9-27/h2-5,10H,1,6-9H2,(H,25,28). The van der Waals surface area contributed by atoms with Crippen LogP contribution in [0.15, 0.2) is 30.3 Å². The Hall–Kier alpha value is -3.15. The summed E-state index contributed by atoms with van der Waals surface area (Å²) >= 11 is 0. The molecule has 146 valence electrons. The molecule has 0 atom stereocenters. The van der Waals surface area contributed by atoms with Crippen LogP contribution in [0.2, 0.25) is 0 Å². The average Bonchev–Trinajstić information content (AvgIpc) is 2.83. The highest BCUT2D eigenvalue weighted by atomic mass is 19.3. The Bertz CT molecular complexity index is 942. The van der Waals surface area contributed by atoms with E-state index in [1.165, 1.54) is 17.0 Å². The predicted molar refractivity (Wildman–Crippen MR) is 94.3 cm³/mol. The zero-order valence-corrected chi connectivity index (χ0v) is 14.7. The second-order valence-electron chi connectivity index (χ2n) is 6.46. The lowest BCUT2D eigenvalue weighted by Gasteiger charge is -2.24. The topological polar surface area (TPSA) is 69.0 Å². The van der Waals surface area contributed by atoms with Gasteiger partial charge in [0.25, 0.3) is 5.91 Å². The van der Waals surface area contributed by atoms with E-state index >= 15 is 0 Å². The van der Waals surface area contributed by atoms with Gasteiger partial charge in [-0.2, -0.15) is 9.65 Å². The molecule has 1 fully saturated rings. The van der Waals surface area contributed by atoms with Gasteiger partial charge in [0, 0.05) is 31.6 Å². The first-order valence-corrected chi connectivity index (χ1v) is 8.59. The molecule has 0 spiro atoms. The number of nitriles is 1. The van der Waals surface area contributed by atoms with Gasteiger partial charge in [0.15, 0.2) is 0 Å². The number of nitrogens with one attached hydrogen (secondary N) is 1. The lowest BCUT2D eigenvalue weighted by Crippen LogP contribution is -2.29. The molecule has 5 nitrogen and oxygen atoms in total. The largest absolute Gasteiger partial charge is 0.356 e. The maximum atomic E-state index is 13.7. The molecule has 0 unspecified atom stereocenters. The van der Waals surface area contributed by atoms with E-state index in [0.717, 1.165) is 18.2 Å². The van der Waals surface area contributed by atoms with Crippen molar-refractivity contribution in [3.63, 3.8) is 0 Å². The molecule has 0 radical (unpaired) electrons. The van der Waals surface area contributed by atoms with Gasteiger partial charge in [-0.1, -0.05) is 0 Å². The molecule has 9 heteroatoms. The number of halogens is 4. The Morgan fingerprint density at radius 3 is 2.71 bits per heavy atom. The number of pyridine rings is 1. The lowest BCUT2D eigenvalue weighted by atomic mass is 10.1. The molecule has 2 heterocycles. The molecule has 0 aliphatic carbocycles. The Kier molecular flexibility index (Phi) is 5.49. The van der Waals surface area contributed by atoms with E-state index in [0.29, 0.717) is 0 Å². The Morgan fingerprint density at radius 1 is 1.18 bits per heavy atom. The fourth-order valence-corrected chi connectivity index (χ4v) is 3.01. The zero-order valence-electron chi connectivity index (χ0n) is 14.7. The number of amides is 1. The number of carbonyl (C=O) groups excluding carboxylic acids is 1. The summed E-state index contributed by atoms with van der Waals surface area (Å²) in [6, 6.07) is 7.35. The number of hydrogen-bond donors (Lipinski definition) is 1. The van der Waals surface area contributed by atoms with Crippen LogP contribution in [0.3, 0.4) is 0 Å². The van der Waals surface area contributed by atoms with Gasteiger partial charge in [0.1, 0.15) is 17.7 Å². The summed E-state index contributed by atoms with van der Waals surface area (Å²) in [5, 5.41) is 11.4. The Morgan fingerprint density at radius 2 is 1.96 bits per heavy atom. The van der Waals surface area contributed by atoms with Gasteiger partial charge >= 0.3 is 0 Å². The van der Waals surface area contributed by atoms with E-state index in [2.05, 4.69) is 10.3 Å². The summed E-state index contributed by atoms with van der Waals surface area (Å²) in [5.41, 5.74) is -0.0833. The third-order valence-corrected chi connectivity index (χ3v) is 4.45. The maximum absolute atomic E-state index is 13.7. The van der Waals surface area contributed by atoms with Crippen LogP contribution in [0.4, 0.5) is 29.1 Å². The average molecular weight is 392 g/mol. The first-order valence-electron chi connectivity index (χ1n) is 8.59. The van der Waals surface area contributed by atoms with E-state index in [1.807, 2.05) is 0 Å². The van der Waals surface area contributed by atoms with Crippen LogP contribution in [-0.4, -0.2) is 29.9 Å². The summed E-state index contributed by atoms with van der Waals surface area (Å²) < 4.78 is 54.4. The summed E-state index contributed by atoms with van der Waals surface area (Å²) in [4.78, 5) is 17.9. The quantitative estimate of drug-likeness (QED) is 0.631. The van der Waals surface area contributed by atoms with Crippen LogP contribution in [0, 0.1) is 23.1 Å². The van der Waals surface area contributed by atoms with Gasteiger partial charge in [-0.3, -0.25) is 4.79 Å². The summed E-state index contributed by atoms with van der Waals surface area (Å²) in [5.74, 6) is -5.08. The van der Waals surface area contributed by atoms with E-state index in [1.54, 1.807) is 6.07 Å². The molecular formula is C19H16F4N4O. The van der Waals surface area contributed by atoms with Crippen molar-refractivity contribution < 1.29 is 22.4 Å². The van der Waals surface area contributed by atoms with Crippen molar-refractivity contribution in [2.75, 3.05) is 23.3 Å². The van der Waals surface area contributed by atoms with Gasteiger partial charge in [-0.05, 0) is 36.8 Å². The summed E-state index contributed by atoms with van der Waals surface area (Å²) in [6.07, 6.45) is -0.529. The molecule has 1 aromatic carbocycles. The third kappa shape index (κ3) is 4.39. The molecule has 1 aliphatic rings. The van der Waals surface area contributed by atoms with E-state index in [9.17, 15) is 22.4 Å². The number of aromatic nitrogens is 1. The molecule has 28 heavy (non-hydrogen) atoms. The number of rotatable bonds is 3. The number of alkyl halides is 2. The second kappa shape index (κ2) is 7.84. The summed E-state index contributed by atoms with van der Waals surface area (Å²) in [7, 11) is 0. The van der Waals surface area contributed by atoms with Gasteiger partial charge in [0.2, 0.25) is 11.9 Å². The first-order chi connectivity index (χ1) is 13.3. The molecule has 1 amide bonds. The number of anilines is 2. The van der Waals surface area contributed by atoms with Gasteiger partial charge < -0.3 is 10.2 Å². The molecular weight excluding hydrogens is 376 g/mol. The monoisotopic (exact) mass is 392 g/mol. The number of nitrogens with zero attached hydrogens (tertiary/aromatic N) is 3. The molecule has 3 rings (SSSR count). The zero-order chi connectivity index (χ0) is 20.3. The minimum Gasteiger partial charge on any atom is -0.356 e. The van der Waals surface area contributed by atoms with Crippen molar-refractivity contribution >= 4 is 17.4 Å². The Balaban J connectivity index is 1.88. The van der Waals surface area contributed by atoms with Gasteiger partial charge in [-0.25, -0.2) is 18.2 Å². The first kappa shape index (κ1) is 19.6. The normalized spacial score (nSPS) is 16.2. The number of hydrogen-bond acceptors (Lipinski definition) is 4. The van der Waals surface area contributed by atoms with Crippen molar-refractivity contribution in [3.05, 3.63) is 53.2 Å². The maximum Gasteiger partial charge on any atom is 0.259 e. The predicted octanol–water partition coefficient (Wildman–Crippen LogP) is 4.11. The van der Waals surface area contributed by atoms with Crippen molar-refractivity contribution in [1.29, 1.82) is 5.26 Å². The van der Waals surface area contributed by atoms with Crippen molar-refractivity contribution in [2.45, 2.75) is 25.2 Å². The summed E-state index contributed by atoms with van der Waals surface area (Å²) in [6.45, 7) is 0.139. The van der Waals surface area contributed by atoms with E-state index in [4.69, 9.17) is 5.26 Å². The van der Waals surface area contributed by atoms with Crippen LogP contribution >= 0.6 is 0 Å². The van der Waals surface area contributed by atoms with Crippen LogP contribution in [0.1, 0.15) is 35.2 Å².